The van der Waals surface area contributed by atoms with Gasteiger partial charge in [0.25, 0.3) is 0 Å². The Morgan fingerprint density at radius 2 is 1.14 bits per heavy atom. The summed E-state index contributed by atoms with van der Waals surface area (Å²) < 4.78 is 8.88. The maximum atomic E-state index is 8.88. The van der Waals surface area contributed by atoms with Crippen molar-refractivity contribution in [3.63, 3.8) is 0 Å². The van der Waals surface area contributed by atoms with E-state index in [2.05, 4.69) is 0 Å². The minimum atomic E-state index is -4.64. The van der Waals surface area contributed by atoms with Crippen LogP contribution in [0.1, 0.15) is 0 Å². The largest absolute Gasteiger partial charge is 0 e. The van der Waals surface area contributed by atoms with Gasteiger partial charge < -0.3 is 14.7 Å². The van der Waals surface area contributed by atoms with Crippen molar-refractivity contribution in [1.82, 2.24) is 0 Å². The van der Waals surface area contributed by atoms with E-state index in [1.54, 1.807) is 0 Å². The van der Waals surface area contributed by atoms with Gasteiger partial charge in [0.05, 0.1) is 0 Å². The molecule has 7 heavy (non-hydrogen) atoms. The Kier molecular flexibility index (Phi) is 13.6. The van der Waals surface area contributed by atoms with Gasteiger partial charge in [-0.2, -0.15) is 0 Å². The third kappa shape index (κ3) is 77.9. The van der Waals surface area contributed by atoms with Crippen molar-refractivity contribution in [2.24, 2.45) is 0 Å². The number of phosphoric acid groups is 1. The number of rotatable bonds is 0. The molecule has 0 saturated carbocycles. The van der Waals surface area contributed by atoms with Crippen LogP contribution >= 0.6 is 7.82 Å². The minimum Gasteiger partial charge on any atom is 0 e. The van der Waals surface area contributed by atoms with Crippen LogP contribution in [-0.4, -0.2) is 52.4 Å². The first-order valence-corrected chi connectivity index (χ1v) is 2.35. The average molecular weight is 199 g/mol. The Labute approximate surface area is 80.5 Å². The average Bonchev–Trinajstić information content (AvgIpc) is 0.722. The van der Waals surface area contributed by atoms with Gasteiger partial charge in [-0.15, -0.1) is 0 Å². The Morgan fingerprint density at radius 3 is 1.14 bits per heavy atom. The van der Waals surface area contributed by atoms with E-state index in [9.17, 15) is 0 Å². The van der Waals surface area contributed by atoms with Crippen LogP contribution in [0.25, 0.3) is 0 Å². The van der Waals surface area contributed by atoms with Crippen LogP contribution in [0.3, 0.4) is 0 Å². The van der Waals surface area contributed by atoms with Crippen molar-refractivity contribution in [2.45, 2.75) is 0 Å². The standard InChI is InChI=1S/Ca.Ni.H3O4P.2H/c;;1-5(2,3)4;;/h;;(H3,1,2,3,4);;. The van der Waals surface area contributed by atoms with E-state index in [4.69, 9.17) is 19.2 Å². The third-order valence-electron chi connectivity index (χ3n) is 0. The van der Waals surface area contributed by atoms with Gasteiger partial charge in [0.2, 0.25) is 0 Å². The predicted molar refractivity (Wildman–Crippen MR) is 22.8 cm³/mol. The van der Waals surface area contributed by atoms with E-state index in [1.807, 2.05) is 0 Å². The first-order valence-electron chi connectivity index (χ1n) is 0.783. The number of hydrogen-bond donors (Lipinski definition) is 3. The van der Waals surface area contributed by atoms with Crippen LogP contribution in [-0.2, 0) is 21.1 Å². The Bertz CT molecular complexity index is 57.8. The zero-order valence-corrected chi connectivity index (χ0v) is 4.40. The van der Waals surface area contributed by atoms with Crippen LogP contribution in [0.4, 0.5) is 0 Å². The molecule has 0 heterocycles. The second-order valence-electron chi connectivity index (χ2n) is 0.513. The van der Waals surface area contributed by atoms with E-state index in [-0.39, 0.29) is 54.2 Å². The van der Waals surface area contributed by atoms with Gasteiger partial charge in [0, 0.05) is 16.5 Å². The molecule has 0 unspecified atom stereocenters. The first kappa shape index (κ1) is 15.9. The summed E-state index contributed by atoms with van der Waals surface area (Å²) >= 11 is 0. The molecule has 0 bridgehead atoms. The van der Waals surface area contributed by atoms with Crippen molar-refractivity contribution in [3.8, 4) is 0 Å². The zero-order chi connectivity index (χ0) is 4.50. The van der Waals surface area contributed by atoms with Crippen LogP contribution in [0.15, 0.2) is 0 Å². The van der Waals surface area contributed by atoms with Gasteiger partial charge in [-0.3, -0.25) is 0 Å². The molecule has 0 spiro atoms. The molecule has 0 aliphatic carbocycles. The molecule has 0 aliphatic rings. The summed E-state index contributed by atoms with van der Waals surface area (Å²) in [6.45, 7) is 0. The first-order chi connectivity index (χ1) is 2.00. The molecule has 0 atom stereocenters. The molecule has 4 nitrogen and oxygen atoms in total. The number of hydrogen-bond acceptors (Lipinski definition) is 1. The normalized spacial score (nSPS) is 8.43. The summed E-state index contributed by atoms with van der Waals surface area (Å²) in [6.07, 6.45) is 0. The van der Waals surface area contributed by atoms with Crippen molar-refractivity contribution in [2.75, 3.05) is 0 Å². The molecule has 0 aromatic heterocycles. The van der Waals surface area contributed by atoms with Crippen LogP contribution in [0.2, 0.25) is 0 Å². The van der Waals surface area contributed by atoms with Crippen LogP contribution < -0.4 is 0 Å². The second kappa shape index (κ2) is 5.99. The predicted octanol–water partition coefficient (Wildman–Crippen LogP) is -1.85. The fraction of sp³-hybridized carbons (Fsp3) is 0. The van der Waals surface area contributed by atoms with Gasteiger partial charge in [-0.1, -0.05) is 0 Å². The summed E-state index contributed by atoms with van der Waals surface area (Å²) in [5, 5.41) is 0. The van der Waals surface area contributed by atoms with Crippen LogP contribution in [0, 0.1) is 0 Å². The SMILES string of the molecule is O=P(O)(O)O.[CaH2].[Ni]. The molecule has 0 fully saturated rings. The van der Waals surface area contributed by atoms with Crippen molar-refractivity contribution >= 4 is 45.6 Å². The monoisotopic (exact) mass is 198 g/mol. The maximum Gasteiger partial charge on any atom is 0 e. The van der Waals surface area contributed by atoms with E-state index in [0.29, 0.717) is 0 Å². The van der Waals surface area contributed by atoms with E-state index >= 15 is 0 Å². The Balaban J connectivity index is -0.0000000800. The van der Waals surface area contributed by atoms with Crippen molar-refractivity contribution in [3.05, 3.63) is 0 Å². The molecule has 0 rings (SSSR count). The molecule has 46 valence electrons. The molecule has 0 aromatic rings. The Hall–Kier alpha value is 1.86. The fourth-order valence-corrected chi connectivity index (χ4v) is 0. The van der Waals surface area contributed by atoms with Gasteiger partial charge in [-0.05, 0) is 0 Å². The van der Waals surface area contributed by atoms with Gasteiger partial charge in [-0.25, -0.2) is 4.57 Å². The molecule has 0 radical (unpaired) electrons. The zero-order valence-electron chi connectivity index (χ0n) is 2.51. The third-order valence-corrected chi connectivity index (χ3v) is 0. The van der Waals surface area contributed by atoms with E-state index in [1.165, 1.54) is 0 Å². The van der Waals surface area contributed by atoms with Gasteiger partial charge in [0.15, 0.2) is 0 Å². The molecular weight excluding hydrogens is 194 g/mol. The summed E-state index contributed by atoms with van der Waals surface area (Å²) in [4.78, 5) is 21.6. The van der Waals surface area contributed by atoms with Gasteiger partial charge >= 0.3 is 45.6 Å². The van der Waals surface area contributed by atoms with Crippen molar-refractivity contribution < 1.29 is 35.7 Å². The van der Waals surface area contributed by atoms with E-state index < -0.39 is 7.82 Å². The smallest absolute Gasteiger partial charge is 0 e. The quantitative estimate of drug-likeness (QED) is 0.316. The fourth-order valence-electron chi connectivity index (χ4n) is 0. The molecule has 0 saturated heterocycles. The van der Waals surface area contributed by atoms with Gasteiger partial charge in [0.1, 0.15) is 0 Å². The van der Waals surface area contributed by atoms with Crippen molar-refractivity contribution in [1.29, 1.82) is 0 Å². The summed E-state index contributed by atoms with van der Waals surface area (Å²) in [5.41, 5.74) is 0. The molecule has 7 heteroatoms. The Morgan fingerprint density at radius 1 is 1.14 bits per heavy atom. The summed E-state index contributed by atoms with van der Waals surface area (Å²) in [6, 6.07) is 0. The van der Waals surface area contributed by atoms with Crippen LogP contribution in [0.5, 0.6) is 0 Å². The summed E-state index contributed by atoms with van der Waals surface area (Å²) in [5.74, 6) is 0. The molecule has 0 amide bonds. The van der Waals surface area contributed by atoms with E-state index in [0.717, 1.165) is 0 Å². The summed E-state index contributed by atoms with van der Waals surface area (Å²) in [7, 11) is -4.64. The minimum absolute atomic E-state index is 0. The maximum absolute atomic E-state index is 8.88. The molecular formula is H5CaNiO4P. The molecule has 0 aromatic carbocycles. The second-order valence-corrected chi connectivity index (χ2v) is 1.54. The molecule has 0 aliphatic heterocycles. The topological polar surface area (TPSA) is 77.8 Å². The molecule has 3 N–H and O–H groups in total.